The van der Waals surface area contributed by atoms with Crippen LogP contribution in [-0.2, 0) is 0 Å². The normalized spacial score (nSPS) is 30.3. The van der Waals surface area contributed by atoms with Crippen molar-refractivity contribution in [3.05, 3.63) is 35.9 Å². The third-order valence-corrected chi connectivity index (χ3v) is 5.12. The summed E-state index contributed by atoms with van der Waals surface area (Å²) in [5.74, 6) is 1.76. The number of para-hydroxylation sites is 1. The van der Waals surface area contributed by atoms with Crippen molar-refractivity contribution in [2.45, 2.75) is 25.4 Å². The number of likely N-dealkylation sites (tertiary alicyclic amines) is 1. The van der Waals surface area contributed by atoms with Gasteiger partial charge in [-0.1, -0.05) is 24.3 Å². The summed E-state index contributed by atoms with van der Waals surface area (Å²) in [6, 6.07) is 9.36. The highest BCUT2D eigenvalue weighted by Gasteiger charge is 2.35. The average Bonchev–Trinajstić information content (AvgIpc) is 2.94. The van der Waals surface area contributed by atoms with E-state index in [-0.39, 0.29) is 0 Å². The van der Waals surface area contributed by atoms with Gasteiger partial charge in [-0.2, -0.15) is 0 Å². The Kier molecular flexibility index (Phi) is 4.19. The number of nitrogens with zero attached hydrogens (tertiary/aromatic N) is 2. The molecule has 122 valence electrons. The zero-order chi connectivity index (χ0) is 15.6. The van der Waals surface area contributed by atoms with E-state index in [0.717, 1.165) is 30.3 Å². The first kappa shape index (κ1) is 14.9. The van der Waals surface area contributed by atoms with Crippen LogP contribution in [0.25, 0.3) is 5.57 Å². The lowest BCUT2D eigenvalue weighted by atomic mass is 9.95. The number of piperidine rings is 1. The first-order chi connectivity index (χ1) is 11.3. The maximum Gasteiger partial charge on any atom is 0.127 e. The van der Waals surface area contributed by atoms with Crippen molar-refractivity contribution in [1.29, 1.82) is 0 Å². The number of rotatable bonds is 4. The van der Waals surface area contributed by atoms with Crippen LogP contribution in [0.1, 0.15) is 18.9 Å². The Labute approximate surface area is 138 Å². The van der Waals surface area contributed by atoms with Crippen molar-refractivity contribution in [1.82, 2.24) is 10.2 Å². The lowest BCUT2D eigenvalue weighted by Crippen LogP contribution is -2.47. The van der Waals surface area contributed by atoms with Gasteiger partial charge in [0.2, 0.25) is 0 Å². The van der Waals surface area contributed by atoms with Gasteiger partial charge in [-0.15, -0.1) is 0 Å². The van der Waals surface area contributed by atoms with Gasteiger partial charge in [0, 0.05) is 42.5 Å². The lowest BCUT2D eigenvalue weighted by Gasteiger charge is -2.36. The molecule has 0 amide bonds. The number of allylic oxidation sites excluding steroid dienone is 1. The SMILES string of the molecule is CCOc1ccccc1C1=CC(N2CC3CNC(C3)C2)CN=C1. The molecule has 3 aliphatic heterocycles. The quantitative estimate of drug-likeness (QED) is 0.926. The monoisotopic (exact) mass is 311 g/mol. The number of hydrogen-bond acceptors (Lipinski definition) is 4. The molecule has 0 aliphatic carbocycles. The highest BCUT2D eigenvalue weighted by atomic mass is 16.5. The highest BCUT2D eigenvalue weighted by Crippen LogP contribution is 2.29. The summed E-state index contributed by atoms with van der Waals surface area (Å²) < 4.78 is 5.79. The molecule has 1 aromatic rings. The van der Waals surface area contributed by atoms with Crippen LogP contribution >= 0.6 is 0 Å². The molecule has 1 N–H and O–H groups in total. The van der Waals surface area contributed by atoms with Gasteiger partial charge < -0.3 is 10.1 Å². The van der Waals surface area contributed by atoms with Crippen LogP contribution in [0.3, 0.4) is 0 Å². The number of benzene rings is 1. The first-order valence-corrected chi connectivity index (χ1v) is 8.74. The number of ether oxygens (including phenoxy) is 1. The van der Waals surface area contributed by atoms with Crippen LogP contribution in [0, 0.1) is 5.92 Å². The van der Waals surface area contributed by atoms with E-state index in [1.54, 1.807) is 0 Å². The van der Waals surface area contributed by atoms with Gasteiger partial charge in [-0.05, 0) is 31.9 Å². The smallest absolute Gasteiger partial charge is 0.127 e. The molecular weight excluding hydrogens is 286 g/mol. The molecule has 4 heteroatoms. The fourth-order valence-corrected chi connectivity index (χ4v) is 4.07. The second-order valence-corrected chi connectivity index (χ2v) is 6.77. The number of aliphatic imine (C=N–C) groups is 1. The molecule has 0 spiro atoms. The highest BCUT2D eigenvalue weighted by molar-refractivity contribution is 6.11. The summed E-state index contributed by atoms with van der Waals surface area (Å²) in [4.78, 5) is 7.26. The van der Waals surface area contributed by atoms with Gasteiger partial charge in [0.15, 0.2) is 0 Å². The van der Waals surface area contributed by atoms with Crippen molar-refractivity contribution < 1.29 is 4.74 Å². The summed E-state index contributed by atoms with van der Waals surface area (Å²) >= 11 is 0. The van der Waals surface area contributed by atoms with E-state index < -0.39 is 0 Å². The molecule has 0 saturated carbocycles. The van der Waals surface area contributed by atoms with Crippen LogP contribution in [0.2, 0.25) is 0 Å². The number of dihydropyridines is 1. The second-order valence-electron chi connectivity index (χ2n) is 6.77. The van der Waals surface area contributed by atoms with Crippen molar-refractivity contribution in [2.24, 2.45) is 10.9 Å². The Morgan fingerprint density at radius 2 is 2.22 bits per heavy atom. The van der Waals surface area contributed by atoms with Crippen molar-refractivity contribution in [3.63, 3.8) is 0 Å². The summed E-state index contributed by atoms with van der Waals surface area (Å²) in [5.41, 5.74) is 2.34. The molecular formula is C19H25N3O. The molecule has 2 bridgehead atoms. The molecule has 3 unspecified atom stereocenters. The Hall–Kier alpha value is -1.65. The fourth-order valence-electron chi connectivity index (χ4n) is 4.07. The van der Waals surface area contributed by atoms with E-state index in [9.17, 15) is 0 Å². The summed E-state index contributed by atoms with van der Waals surface area (Å²) in [6.07, 6.45) is 5.73. The molecule has 4 rings (SSSR count). The average molecular weight is 311 g/mol. The molecule has 0 radical (unpaired) electrons. The number of nitrogens with one attached hydrogen (secondary N) is 1. The van der Waals surface area contributed by atoms with E-state index in [1.165, 1.54) is 25.1 Å². The second kappa shape index (κ2) is 6.46. The molecule has 3 atom stereocenters. The molecule has 2 saturated heterocycles. The summed E-state index contributed by atoms with van der Waals surface area (Å²) in [5, 5.41) is 3.64. The van der Waals surface area contributed by atoms with Gasteiger partial charge in [0.05, 0.1) is 13.2 Å². The molecule has 2 fully saturated rings. The zero-order valence-corrected chi connectivity index (χ0v) is 13.7. The molecule has 3 heterocycles. The Balaban J connectivity index is 1.57. The topological polar surface area (TPSA) is 36.9 Å². The van der Waals surface area contributed by atoms with Gasteiger partial charge in [0.1, 0.15) is 5.75 Å². The van der Waals surface area contributed by atoms with Crippen molar-refractivity contribution in [3.8, 4) is 5.75 Å². The standard InChI is InChI=1S/C19H25N3O/c1-2-23-19-6-4-3-5-18(19)15-8-17(11-20-10-15)22-12-14-7-16(13-22)21-9-14/h3-6,8,10,14,16-17,21H,2,7,9,11-13H2,1H3. The van der Waals surface area contributed by atoms with Crippen molar-refractivity contribution in [2.75, 3.05) is 32.8 Å². The molecule has 4 nitrogen and oxygen atoms in total. The van der Waals surface area contributed by atoms with Gasteiger partial charge in [0.25, 0.3) is 0 Å². The minimum absolute atomic E-state index is 0.412. The Morgan fingerprint density at radius 3 is 3.09 bits per heavy atom. The number of hydrogen-bond donors (Lipinski definition) is 1. The van der Waals surface area contributed by atoms with Crippen LogP contribution in [0.5, 0.6) is 5.75 Å². The van der Waals surface area contributed by atoms with Gasteiger partial charge >= 0.3 is 0 Å². The third kappa shape index (κ3) is 3.06. The molecule has 0 aromatic heterocycles. The zero-order valence-electron chi connectivity index (χ0n) is 13.7. The van der Waals surface area contributed by atoms with E-state index in [1.807, 2.05) is 25.3 Å². The maximum atomic E-state index is 5.79. The molecule has 1 aromatic carbocycles. The Bertz CT molecular complexity index is 613. The van der Waals surface area contributed by atoms with E-state index in [0.29, 0.717) is 18.7 Å². The molecule has 3 aliphatic rings. The third-order valence-electron chi connectivity index (χ3n) is 5.12. The summed E-state index contributed by atoms with van der Waals surface area (Å²) in [7, 11) is 0. The lowest BCUT2D eigenvalue weighted by molar-refractivity contribution is 0.163. The van der Waals surface area contributed by atoms with Crippen LogP contribution < -0.4 is 10.1 Å². The van der Waals surface area contributed by atoms with Gasteiger partial charge in [-0.25, -0.2) is 0 Å². The minimum Gasteiger partial charge on any atom is -0.493 e. The predicted molar refractivity (Wildman–Crippen MR) is 94.2 cm³/mol. The predicted octanol–water partition coefficient (Wildman–Crippen LogP) is 2.22. The largest absolute Gasteiger partial charge is 0.493 e. The Morgan fingerprint density at radius 1 is 1.30 bits per heavy atom. The van der Waals surface area contributed by atoms with Crippen LogP contribution in [-0.4, -0.2) is 56.0 Å². The fraction of sp³-hybridized carbons (Fsp3) is 0.526. The van der Waals surface area contributed by atoms with Crippen LogP contribution in [0.15, 0.2) is 35.3 Å². The molecule has 23 heavy (non-hydrogen) atoms. The van der Waals surface area contributed by atoms with E-state index >= 15 is 0 Å². The van der Waals surface area contributed by atoms with Gasteiger partial charge in [-0.3, -0.25) is 9.89 Å². The van der Waals surface area contributed by atoms with Crippen molar-refractivity contribution >= 4 is 11.8 Å². The first-order valence-electron chi connectivity index (χ1n) is 8.74. The number of fused-ring (bicyclic) bond motifs is 2. The summed E-state index contributed by atoms with van der Waals surface area (Å²) in [6.45, 7) is 7.11. The van der Waals surface area contributed by atoms with Crippen LogP contribution in [0.4, 0.5) is 0 Å². The van der Waals surface area contributed by atoms with E-state index in [2.05, 4.69) is 33.4 Å². The minimum atomic E-state index is 0.412. The maximum absolute atomic E-state index is 5.79. The van der Waals surface area contributed by atoms with E-state index in [4.69, 9.17) is 4.74 Å².